The van der Waals surface area contributed by atoms with Crippen LogP contribution in [0, 0.1) is 12.7 Å². The molecule has 0 aromatic heterocycles. The Labute approximate surface area is 145 Å². The Balaban J connectivity index is 2.23. The summed E-state index contributed by atoms with van der Waals surface area (Å²) < 4.78 is 19.4. The Kier molecular flexibility index (Phi) is 6.11. The molecule has 6 heteroatoms. The Bertz CT molecular complexity index is 748. The van der Waals surface area contributed by atoms with Crippen LogP contribution in [0.3, 0.4) is 0 Å². The highest BCUT2D eigenvalue weighted by Crippen LogP contribution is 2.26. The van der Waals surface area contributed by atoms with Crippen molar-refractivity contribution in [2.75, 3.05) is 6.54 Å². The van der Waals surface area contributed by atoms with Gasteiger partial charge in [0.15, 0.2) is 6.04 Å². The van der Waals surface area contributed by atoms with Crippen molar-refractivity contribution in [3.05, 3.63) is 71.0 Å². The second kappa shape index (κ2) is 8.28. The van der Waals surface area contributed by atoms with Crippen molar-refractivity contribution >= 4 is 12.1 Å². The molecular formula is C19H20FNO4. The number of ether oxygens (including phenoxy) is 1. The van der Waals surface area contributed by atoms with Gasteiger partial charge in [-0.1, -0.05) is 48.0 Å². The van der Waals surface area contributed by atoms with Crippen LogP contribution in [0.15, 0.2) is 48.5 Å². The van der Waals surface area contributed by atoms with Gasteiger partial charge in [0, 0.05) is 12.1 Å². The van der Waals surface area contributed by atoms with Crippen LogP contribution in [0.4, 0.5) is 9.18 Å². The fourth-order valence-corrected chi connectivity index (χ4v) is 2.53. The van der Waals surface area contributed by atoms with Crippen molar-refractivity contribution in [3.63, 3.8) is 0 Å². The number of carboxylic acids is 1. The van der Waals surface area contributed by atoms with E-state index in [1.54, 1.807) is 32.0 Å². The third kappa shape index (κ3) is 4.56. The molecule has 5 nitrogen and oxygen atoms in total. The molecule has 1 amide bonds. The molecule has 0 saturated carbocycles. The van der Waals surface area contributed by atoms with Crippen LogP contribution in [0.1, 0.15) is 29.7 Å². The third-order valence-corrected chi connectivity index (χ3v) is 3.77. The summed E-state index contributed by atoms with van der Waals surface area (Å²) in [6.45, 7) is 3.43. The van der Waals surface area contributed by atoms with E-state index in [1.807, 2.05) is 18.2 Å². The zero-order valence-corrected chi connectivity index (χ0v) is 14.1. The Hall–Kier alpha value is -2.89. The Morgan fingerprint density at radius 2 is 1.88 bits per heavy atom. The van der Waals surface area contributed by atoms with E-state index in [0.717, 1.165) is 10.5 Å². The van der Waals surface area contributed by atoms with Gasteiger partial charge in [-0.25, -0.2) is 14.0 Å². The van der Waals surface area contributed by atoms with E-state index in [4.69, 9.17) is 4.74 Å². The maximum Gasteiger partial charge on any atom is 0.411 e. The number of amides is 1. The van der Waals surface area contributed by atoms with E-state index in [2.05, 4.69) is 0 Å². The quantitative estimate of drug-likeness (QED) is 0.862. The highest BCUT2D eigenvalue weighted by atomic mass is 19.1. The van der Waals surface area contributed by atoms with Gasteiger partial charge < -0.3 is 9.84 Å². The lowest BCUT2D eigenvalue weighted by Gasteiger charge is -2.27. The van der Waals surface area contributed by atoms with E-state index in [0.29, 0.717) is 5.56 Å². The molecule has 0 radical (unpaired) electrons. The van der Waals surface area contributed by atoms with Gasteiger partial charge in [0.05, 0.1) is 0 Å². The summed E-state index contributed by atoms with van der Waals surface area (Å²) in [6, 6.07) is 11.8. The van der Waals surface area contributed by atoms with Gasteiger partial charge in [-0.15, -0.1) is 0 Å². The summed E-state index contributed by atoms with van der Waals surface area (Å²) in [5.41, 5.74) is 1.42. The molecule has 0 bridgehead atoms. The largest absolute Gasteiger partial charge is 0.479 e. The first-order chi connectivity index (χ1) is 11.9. The molecule has 0 saturated heterocycles. The number of halogens is 1. The SMILES string of the molecule is CCN(C(=O)OCc1ccccc1)C(C(=O)O)c1cc(C)ccc1F. The topological polar surface area (TPSA) is 66.8 Å². The minimum Gasteiger partial charge on any atom is -0.479 e. The lowest BCUT2D eigenvalue weighted by atomic mass is 10.0. The molecule has 0 aliphatic rings. The van der Waals surface area contributed by atoms with Crippen molar-refractivity contribution in [2.45, 2.75) is 26.5 Å². The second-order valence-electron chi connectivity index (χ2n) is 5.59. The molecule has 1 unspecified atom stereocenters. The molecule has 2 aromatic rings. The molecule has 1 atom stereocenters. The molecule has 132 valence electrons. The van der Waals surface area contributed by atoms with Crippen LogP contribution < -0.4 is 0 Å². The van der Waals surface area contributed by atoms with Crippen molar-refractivity contribution in [1.29, 1.82) is 0 Å². The van der Waals surface area contributed by atoms with Gasteiger partial charge in [0.25, 0.3) is 0 Å². The number of likely N-dealkylation sites (N-methyl/N-ethyl adjacent to an activating group) is 1. The predicted octanol–water partition coefficient (Wildman–Crippen LogP) is 3.92. The molecular weight excluding hydrogens is 325 g/mol. The molecule has 0 fully saturated rings. The lowest BCUT2D eigenvalue weighted by molar-refractivity contribution is -0.143. The molecule has 2 rings (SSSR count). The second-order valence-corrected chi connectivity index (χ2v) is 5.59. The van der Waals surface area contributed by atoms with Crippen molar-refractivity contribution in [2.24, 2.45) is 0 Å². The Morgan fingerprint density at radius 1 is 1.20 bits per heavy atom. The zero-order valence-electron chi connectivity index (χ0n) is 14.1. The summed E-state index contributed by atoms with van der Waals surface area (Å²) in [5, 5.41) is 9.56. The van der Waals surface area contributed by atoms with E-state index in [9.17, 15) is 19.1 Å². The van der Waals surface area contributed by atoms with Gasteiger partial charge in [-0.05, 0) is 25.5 Å². The standard InChI is InChI=1S/C19H20FNO4/c1-3-21(19(24)25-12-14-7-5-4-6-8-14)17(18(22)23)15-11-13(2)9-10-16(15)20/h4-11,17H,3,12H2,1-2H3,(H,22,23). The maximum absolute atomic E-state index is 14.1. The number of nitrogens with zero attached hydrogens (tertiary/aromatic N) is 1. The average molecular weight is 345 g/mol. The van der Waals surface area contributed by atoms with Gasteiger partial charge in [0.2, 0.25) is 0 Å². The average Bonchev–Trinajstić information content (AvgIpc) is 2.60. The lowest BCUT2D eigenvalue weighted by Crippen LogP contribution is -2.39. The first-order valence-corrected chi connectivity index (χ1v) is 7.90. The van der Waals surface area contributed by atoms with Gasteiger partial charge in [-0.3, -0.25) is 4.90 Å². The number of carbonyl (C=O) groups is 2. The summed E-state index contributed by atoms with van der Waals surface area (Å²) in [7, 11) is 0. The van der Waals surface area contributed by atoms with Crippen LogP contribution >= 0.6 is 0 Å². The highest BCUT2D eigenvalue weighted by molar-refractivity contribution is 5.81. The number of hydrogen-bond donors (Lipinski definition) is 1. The molecule has 0 aliphatic heterocycles. The van der Waals surface area contributed by atoms with E-state index in [-0.39, 0.29) is 18.7 Å². The number of aryl methyl sites for hydroxylation is 1. The number of aliphatic carboxylic acids is 1. The Morgan fingerprint density at radius 3 is 2.48 bits per heavy atom. The van der Waals surface area contributed by atoms with E-state index >= 15 is 0 Å². The van der Waals surface area contributed by atoms with E-state index in [1.165, 1.54) is 12.1 Å². The smallest absolute Gasteiger partial charge is 0.411 e. The summed E-state index contributed by atoms with van der Waals surface area (Å²) in [6.07, 6.45) is -0.806. The van der Waals surface area contributed by atoms with Gasteiger partial charge in [0.1, 0.15) is 12.4 Å². The molecule has 0 heterocycles. The minimum absolute atomic E-state index is 0.0127. The normalized spacial score (nSPS) is 11.6. The highest BCUT2D eigenvalue weighted by Gasteiger charge is 2.33. The van der Waals surface area contributed by atoms with Gasteiger partial charge >= 0.3 is 12.1 Å². The zero-order chi connectivity index (χ0) is 18.4. The molecule has 0 spiro atoms. The number of carbonyl (C=O) groups excluding carboxylic acids is 1. The van der Waals surface area contributed by atoms with Crippen molar-refractivity contribution in [1.82, 2.24) is 4.90 Å². The number of hydrogen-bond acceptors (Lipinski definition) is 3. The number of rotatable bonds is 6. The summed E-state index contributed by atoms with van der Waals surface area (Å²) in [4.78, 5) is 25.1. The van der Waals surface area contributed by atoms with Crippen LogP contribution in [0.25, 0.3) is 0 Å². The molecule has 1 N–H and O–H groups in total. The fraction of sp³-hybridized carbons (Fsp3) is 0.263. The molecule has 0 aliphatic carbocycles. The minimum atomic E-state index is -1.45. The third-order valence-electron chi connectivity index (χ3n) is 3.77. The first kappa shape index (κ1) is 18.4. The van der Waals surface area contributed by atoms with E-state index < -0.39 is 23.9 Å². The first-order valence-electron chi connectivity index (χ1n) is 7.90. The van der Waals surface area contributed by atoms with Crippen LogP contribution in [0.5, 0.6) is 0 Å². The molecule has 25 heavy (non-hydrogen) atoms. The van der Waals surface area contributed by atoms with Crippen LogP contribution in [-0.4, -0.2) is 28.6 Å². The maximum atomic E-state index is 14.1. The number of benzene rings is 2. The van der Waals surface area contributed by atoms with Gasteiger partial charge in [-0.2, -0.15) is 0 Å². The monoisotopic (exact) mass is 345 g/mol. The predicted molar refractivity (Wildman–Crippen MR) is 90.5 cm³/mol. The van der Waals surface area contributed by atoms with Crippen LogP contribution in [-0.2, 0) is 16.1 Å². The van der Waals surface area contributed by atoms with Crippen molar-refractivity contribution in [3.8, 4) is 0 Å². The summed E-state index contributed by atoms with van der Waals surface area (Å²) >= 11 is 0. The van der Waals surface area contributed by atoms with Crippen molar-refractivity contribution < 1.29 is 23.8 Å². The number of carboxylic acid groups (broad SMARTS) is 1. The van der Waals surface area contributed by atoms with Crippen LogP contribution in [0.2, 0.25) is 0 Å². The fourth-order valence-electron chi connectivity index (χ4n) is 2.53. The summed E-state index contributed by atoms with van der Waals surface area (Å²) in [5.74, 6) is -1.99. The molecule has 2 aromatic carbocycles.